The largest absolute Gasteiger partial charge is 0.473 e. The predicted octanol–water partition coefficient (Wildman–Crippen LogP) is 2.62. The summed E-state index contributed by atoms with van der Waals surface area (Å²) in [7, 11) is 0. The van der Waals surface area contributed by atoms with Crippen LogP contribution in [0, 0.1) is 12.8 Å². The smallest absolute Gasteiger partial charge is 0.414 e. The summed E-state index contributed by atoms with van der Waals surface area (Å²) in [5.41, 5.74) is 2.83. The number of benzene rings is 1. The second-order valence-corrected chi connectivity index (χ2v) is 7.33. The van der Waals surface area contributed by atoms with E-state index in [9.17, 15) is 0 Å². The summed E-state index contributed by atoms with van der Waals surface area (Å²) >= 11 is 0. The fourth-order valence-corrected chi connectivity index (χ4v) is 3.59. The lowest BCUT2D eigenvalue weighted by Gasteiger charge is -2.36. The fraction of sp³-hybridized carbons (Fsp3) is 0.524. The average molecular weight is 374 g/mol. The van der Waals surface area contributed by atoms with Crippen LogP contribution in [0.4, 0.5) is 0 Å². The Morgan fingerprint density at radius 3 is 2.26 bits per heavy atom. The molecule has 0 aromatic heterocycles. The highest BCUT2D eigenvalue weighted by atomic mass is 16.4. The van der Waals surface area contributed by atoms with Crippen LogP contribution in [0.2, 0.25) is 0 Å². The number of aliphatic carboxylic acids is 2. The minimum atomic E-state index is -1.82. The van der Waals surface area contributed by atoms with Gasteiger partial charge in [0.25, 0.3) is 0 Å². The van der Waals surface area contributed by atoms with Gasteiger partial charge in [-0.05, 0) is 37.7 Å². The maximum absolute atomic E-state index is 9.10. The number of hydrogen-bond acceptors (Lipinski definition) is 4. The second-order valence-electron chi connectivity index (χ2n) is 7.33. The lowest BCUT2D eigenvalue weighted by molar-refractivity contribution is -0.159. The number of carboxylic acids is 2. The number of rotatable bonds is 4. The standard InChI is InChI=1S/C19H28N2.C2H2O4/c1-17-6-5-9-19(14-17)16-21-12-10-20(11-13-21)15-18-7-3-2-4-8-18;3-1(4)2(5)6/h2-3,5-6,9,14,18H,4,7-8,10-13,15-16H2,1H3;(H,3,4)(H,5,6). The van der Waals surface area contributed by atoms with Gasteiger partial charge in [-0.25, -0.2) is 9.59 Å². The van der Waals surface area contributed by atoms with Gasteiger partial charge in [-0.15, -0.1) is 0 Å². The Morgan fingerprint density at radius 2 is 1.70 bits per heavy atom. The van der Waals surface area contributed by atoms with Crippen molar-refractivity contribution >= 4 is 11.9 Å². The molecule has 6 nitrogen and oxygen atoms in total. The van der Waals surface area contributed by atoms with E-state index in [0.717, 1.165) is 12.5 Å². The van der Waals surface area contributed by atoms with Crippen molar-refractivity contribution in [2.24, 2.45) is 5.92 Å². The Labute approximate surface area is 161 Å². The molecular formula is C21H30N2O4. The molecule has 3 rings (SSSR count). The molecule has 1 aromatic carbocycles. The summed E-state index contributed by atoms with van der Waals surface area (Å²) in [6.07, 6.45) is 8.69. The SMILES string of the molecule is Cc1cccc(CN2CCN(CC3CC=CCC3)CC2)c1.O=C(O)C(=O)O. The molecule has 6 heteroatoms. The van der Waals surface area contributed by atoms with Gasteiger partial charge in [-0.3, -0.25) is 4.90 Å². The van der Waals surface area contributed by atoms with Crippen LogP contribution in [0.3, 0.4) is 0 Å². The Bertz CT molecular complexity index is 639. The molecule has 2 aliphatic rings. The number of hydrogen-bond donors (Lipinski definition) is 2. The van der Waals surface area contributed by atoms with Gasteiger partial charge in [0.2, 0.25) is 0 Å². The zero-order valence-electron chi connectivity index (χ0n) is 16.0. The van der Waals surface area contributed by atoms with Crippen molar-refractivity contribution in [3.8, 4) is 0 Å². The number of carbonyl (C=O) groups is 2. The topological polar surface area (TPSA) is 81.1 Å². The van der Waals surface area contributed by atoms with Gasteiger partial charge >= 0.3 is 11.9 Å². The van der Waals surface area contributed by atoms with E-state index in [0.29, 0.717) is 0 Å². The number of nitrogens with zero attached hydrogens (tertiary/aromatic N) is 2. The van der Waals surface area contributed by atoms with Crippen LogP contribution in [0.15, 0.2) is 36.4 Å². The van der Waals surface area contributed by atoms with E-state index in [1.807, 2.05) is 0 Å². The molecule has 27 heavy (non-hydrogen) atoms. The number of carboxylic acid groups (broad SMARTS) is 2. The average Bonchev–Trinajstić information content (AvgIpc) is 2.65. The van der Waals surface area contributed by atoms with Crippen LogP contribution >= 0.6 is 0 Å². The number of aryl methyl sites for hydroxylation is 1. The summed E-state index contributed by atoms with van der Waals surface area (Å²) < 4.78 is 0. The third-order valence-electron chi connectivity index (χ3n) is 5.03. The van der Waals surface area contributed by atoms with Gasteiger partial charge in [-0.1, -0.05) is 42.0 Å². The van der Waals surface area contributed by atoms with E-state index in [1.165, 1.54) is 63.1 Å². The fourth-order valence-electron chi connectivity index (χ4n) is 3.59. The monoisotopic (exact) mass is 374 g/mol. The summed E-state index contributed by atoms with van der Waals surface area (Å²) in [5, 5.41) is 14.8. The molecule has 0 bridgehead atoms. The van der Waals surface area contributed by atoms with Crippen molar-refractivity contribution in [3.05, 3.63) is 47.5 Å². The molecule has 1 saturated heterocycles. The Kier molecular flexibility index (Phi) is 8.48. The first-order chi connectivity index (χ1) is 12.9. The molecule has 0 spiro atoms. The summed E-state index contributed by atoms with van der Waals surface area (Å²) in [4.78, 5) is 23.5. The van der Waals surface area contributed by atoms with Crippen molar-refractivity contribution in [2.45, 2.75) is 32.7 Å². The van der Waals surface area contributed by atoms with Gasteiger partial charge in [-0.2, -0.15) is 0 Å². The first-order valence-corrected chi connectivity index (χ1v) is 9.55. The highest BCUT2D eigenvalue weighted by Gasteiger charge is 2.20. The van der Waals surface area contributed by atoms with Crippen LogP contribution in [0.5, 0.6) is 0 Å². The summed E-state index contributed by atoms with van der Waals surface area (Å²) in [5.74, 6) is -2.75. The van der Waals surface area contributed by atoms with E-state index >= 15 is 0 Å². The highest BCUT2D eigenvalue weighted by Crippen LogP contribution is 2.20. The molecule has 0 radical (unpaired) electrons. The van der Waals surface area contributed by atoms with Crippen molar-refractivity contribution < 1.29 is 19.8 Å². The third-order valence-corrected chi connectivity index (χ3v) is 5.03. The lowest BCUT2D eigenvalue weighted by atomic mass is 9.94. The quantitative estimate of drug-likeness (QED) is 0.623. The zero-order chi connectivity index (χ0) is 19.6. The predicted molar refractivity (Wildman–Crippen MR) is 105 cm³/mol. The van der Waals surface area contributed by atoms with Crippen molar-refractivity contribution in [2.75, 3.05) is 32.7 Å². The molecular weight excluding hydrogens is 344 g/mol. The maximum Gasteiger partial charge on any atom is 0.414 e. The maximum atomic E-state index is 9.10. The van der Waals surface area contributed by atoms with E-state index in [-0.39, 0.29) is 0 Å². The third kappa shape index (κ3) is 7.93. The number of allylic oxidation sites excluding steroid dienone is 2. The molecule has 1 aliphatic heterocycles. The van der Waals surface area contributed by atoms with Crippen LogP contribution in [-0.4, -0.2) is 64.7 Å². The van der Waals surface area contributed by atoms with Crippen LogP contribution in [0.1, 0.15) is 30.4 Å². The first kappa shape index (κ1) is 21.1. The van der Waals surface area contributed by atoms with Crippen LogP contribution < -0.4 is 0 Å². The molecule has 1 fully saturated rings. The van der Waals surface area contributed by atoms with Gasteiger partial charge in [0.05, 0.1) is 0 Å². The zero-order valence-corrected chi connectivity index (χ0v) is 16.0. The molecule has 0 amide bonds. The number of piperazine rings is 1. The Hall–Kier alpha value is -2.18. The van der Waals surface area contributed by atoms with Gasteiger partial charge in [0.15, 0.2) is 0 Å². The van der Waals surface area contributed by atoms with Crippen molar-refractivity contribution in [3.63, 3.8) is 0 Å². The minimum absolute atomic E-state index is 0.901. The summed E-state index contributed by atoms with van der Waals surface area (Å²) in [6.45, 7) is 9.52. The molecule has 0 saturated carbocycles. The van der Waals surface area contributed by atoms with Crippen LogP contribution in [-0.2, 0) is 16.1 Å². The first-order valence-electron chi connectivity index (χ1n) is 9.55. The van der Waals surface area contributed by atoms with Crippen molar-refractivity contribution in [1.29, 1.82) is 0 Å². The van der Waals surface area contributed by atoms with Gasteiger partial charge in [0.1, 0.15) is 0 Å². The minimum Gasteiger partial charge on any atom is -0.473 e. The molecule has 1 atom stereocenters. The van der Waals surface area contributed by atoms with Gasteiger partial charge in [0, 0.05) is 39.3 Å². The summed E-state index contributed by atoms with van der Waals surface area (Å²) in [6, 6.07) is 8.94. The molecule has 1 heterocycles. The van der Waals surface area contributed by atoms with Crippen molar-refractivity contribution in [1.82, 2.24) is 9.80 Å². The van der Waals surface area contributed by atoms with E-state index in [1.54, 1.807) is 0 Å². The highest BCUT2D eigenvalue weighted by molar-refractivity contribution is 6.27. The second kappa shape index (κ2) is 10.8. The van der Waals surface area contributed by atoms with E-state index in [2.05, 4.69) is 53.1 Å². The van der Waals surface area contributed by atoms with Crippen LogP contribution in [0.25, 0.3) is 0 Å². The molecule has 1 unspecified atom stereocenters. The van der Waals surface area contributed by atoms with E-state index in [4.69, 9.17) is 19.8 Å². The normalized spacial score (nSPS) is 20.6. The molecule has 1 aromatic rings. The van der Waals surface area contributed by atoms with E-state index < -0.39 is 11.9 Å². The lowest BCUT2D eigenvalue weighted by Crippen LogP contribution is -2.47. The Balaban J connectivity index is 0.000000380. The van der Waals surface area contributed by atoms with Gasteiger partial charge < -0.3 is 15.1 Å². The molecule has 2 N–H and O–H groups in total. The Morgan fingerprint density at radius 1 is 1.04 bits per heavy atom. The molecule has 1 aliphatic carbocycles. The molecule has 148 valence electrons.